The number of benzene rings is 1. The molecule has 1 aromatic carbocycles. The zero-order valence-corrected chi connectivity index (χ0v) is 13.8. The van der Waals surface area contributed by atoms with Crippen molar-refractivity contribution >= 4 is 40.2 Å². The molecule has 0 N–H and O–H groups in total. The van der Waals surface area contributed by atoms with E-state index in [0.29, 0.717) is 27.6 Å². The van der Waals surface area contributed by atoms with Gasteiger partial charge in [-0.05, 0) is 39.0 Å². The van der Waals surface area contributed by atoms with Gasteiger partial charge < -0.3 is 9.29 Å². The van der Waals surface area contributed by atoms with Gasteiger partial charge in [-0.1, -0.05) is 16.0 Å². The van der Waals surface area contributed by atoms with E-state index in [1.807, 2.05) is 20.8 Å². The molecule has 0 amide bonds. The number of nitrogens with zero attached hydrogens (tertiary/aromatic N) is 3. The molecule has 2 aromatic rings. The maximum Gasteiger partial charge on any atom is 0.242 e. The number of hydrogen-bond donors (Lipinski definition) is 0. The number of rotatable bonds is 3. The van der Waals surface area contributed by atoms with Crippen molar-refractivity contribution in [1.29, 1.82) is 0 Å². The lowest BCUT2D eigenvalue weighted by atomic mass is 10.3. The molecule has 0 bridgehead atoms. The van der Waals surface area contributed by atoms with Gasteiger partial charge in [0.2, 0.25) is 5.88 Å². The molecule has 2 rings (SSSR count). The number of hydrogen-bond acceptors (Lipinski definition) is 5. The molecule has 21 heavy (non-hydrogen) atoms. The number of aromatic nitrogens is 2. The Morgan fingerprint density at radius 3 is 2.62 bits per heavy atom. The van der Waals surface area contributed by atoms with E-state index in [2.05, 4.69) is 14.4 Å². The molecule has 0 radical (unpaired) electrons. The fraction of sp³-hybridized carbons (Fsp3) is 0.357. The van der Waals surface area contributed by atoms with Gasteiger partial charge in [-0.2, -0.15) is 0 Å². The molecular formula is C14H16ClN3O2S. The molecular weight excluding hydrogens is 310 g/mol. The average Bonchev–Trinajstić information content (AvgIpc) is 2.42. The van der Waals surface area contributed by atoms with Gasteiger partial charge in [0.25, 0.3) is 0 Å². The van der Waals surface area contributed by atoms with Crippen LogP contribution >= 0.6 is 11.6 Å². The first-order chi connectivity index (χ1) is 9.81. The maximum atomic E-state index is 12.0. The summed E-state index contributed by atoms with van der Waals surface area (Å²) in [5.74, 6) is 0.333. The highest BCUT2D eigenvalue weighted by atomic mass is 35.5. The van der Waals surface area contributed by atoms with Crippen molar-refractivity contribution < 1.29 is 9.29 Å². The van der Waals surface area contributed by atoms with Crippen LogP contribution in [0.2, 0.25) is 5.02 Å². The van der Waals surface area contributed by atoms with Crippen LogP contribution in [0.1, 0.15) is 26.5 Å². The molecule has 0 fully saturated rings. The van der Waals surface area contributed by atoms with E-state index in [-0.39, 0.29) is 0 Å². The number of fused-ring (bicyclic) bond motifs is 1. The highest BCUT2D eigenvalue weighted by Crippen LogP contribution is 2.22. The molecule has 0 saturated heterocycles. The molecule has 0 aliphatic heterocycles. The molecule has 1 heterocycles. The van der Waals surface area contributed by atoms with E-state index in [4.69, 9.17) is 16.3 Å². The van der Waals surface area contributed by atoms with Gasteiger partial charge >= 0.3 is 0 Å². The Kier molecular flexibility index (Phi) is 4.70. The number of ether oxygens (including phenoxy) is 1. The van der Waals surface area contributed by atoms with E-state index in [1.165, 1.54) is 13.3 Å². The van der Waals surface area contributed by atoms with Crippen molar-refractivity contribution in [1.82, 2.24) is 9.97 Å². The van der Waals surface area contributed by atoms with Gasteiger partial charge in [-0.25, -0.2) is 9.97 Å². The first kappa shape index (κ1) is 16.0. The molecule has 7 heteroatoms. The second-order valence-electron chi connectivity index (χ2n) is 5.35. The fourth-order valence-corrected chi connectivity index (χ4v) is 2.19. The summed E-state index contributed by atoms with van der Waals surface area (Å²) in [7, 11) is 1.50. The van der Waals surface area contributed by atoms with Crippen LogP contribution in [-0.2, 0) is 11.4 Å². The molecule has 0 aliphatic carbocycles. The maximum absolute atomic E-state index is 12.0. The minimum absolute atomic E-state index is 0.333. The molecule has 112 valence electrons. The van der Waals surface area contributed by atoms with Gasteiger partial charge in [0.1, 0.15) is 28.0 Å². The summed E-state index contributed by atoms with van der Waals surface area (Å²) in [4.78, 5) is 8.75. The third-order valence-electron chi connectivity index (χ3n) is 2.61. The Morgan fingerprint density at radius 1 is 1.29 bits per heavy atom. The highest BCUT2D eigenvalue weighted by Gasteiger charge is 2.26. The van der Waals surface area contributed by atoms with Crippen LogP contribution in [0.4, 0.5) is 0 Å². The summed E-state index contributed by atoms with van der Waals surface area (Å²) in [5.41, 5.74) is 1.72. The van der Waals surface area contributed by atoms with E-state index in [1.54, 1.807) is 18.2 Å². The van der Waals surface area contributed by atoms with Crippen molar-refractivity contribution in [3.05, 3.63) is 28.9 Å². The summed E-state index contributed by atoms with van der Waals surface area (Å²) in [6, 6.07) is 5.21. The SMILES string of the molecule is COc1nc2ccc(Cl)cc2nc1/C=N/[S+]([O-])C(C)(C)C. The van der Waals surface area contributed by atoms with Gasteiger partial charge in [0.05, 0.1) is 18.1 Å². The van der Waals surface area contributed by atoms with Crippen LogP contribution in [-0.4, -0.2) is 32.6 Å². The Bertz CT molecular complexity index is 686. The Morgan fingerprint density at radius 2 is 2.00 bits per heavy atom. The number of halogens is 1. The monoisotopic (exact) mass is 325 g/mol. The molecule has 0 saturated carbocycles. The first-order valence-electron chi connectivity index (χ1n) is 6.28. The molecule has 5 nitrogen and oxygen atoms in total. The minimum Gasteiger partial charge on any atom is -0.591 e. The molecule has 1 atom stereocenters. The van der Waals surface area contributed by atoms with Crippen LogP contribution in [0.5, 0.6) is 5.88 Å². The highest BCUT2D eigenvalue weighted by molar-refractivity contribution is 7.91. The van der Waals surface area contributed by atoms with Gasteiger partial charge in [-0.3, -0.25) is 0 Å². The van der Waals surface area contributed by atoms with Crippen molar-refractivity contribution in [3.8, 4) is 5.88 Å². The standard InChI is InChI=1S/C14H16ClN3O2S/c1-14(2,3)21(19)16-8-12-13(20-4)18-10-6-5-9(15)7-11(10)17-12/h5-8H,1-4H3/b16-8+. The normalized spacial score (nSPS) is 13.8. The lowest BCUT2D eigenvalue weighted by Gasteiger charge is -2.17. The Balaban J connectivity index is 2.44. The third kappa shape index (κ3) is 3.84. The summed E-state index contributed by atoms with van der Waals surface area (Å²) >= 11 is 4.58. The van der Waals surface area contributed by atoms with Crippen LogP contribution < -0.4 is 4.74 Å². The largest absolute Gasteiger partial charge is 0.591 e. The van der Waals surface area contributed by atoms with Crippen LogP contribution in [0.3, 0.4) is 0 Å². The molecule has 0 spiro atoms. The van der Waals surface area contributed by atoms with Crippen molar-refractivity contribution in [3.63, 3.8) is 0 Å². The smallest absolute Gasteiger partial charge is 0.242 e. The molecule has 0 aliphatic rings. The van der Waals surface area contributed by atoms with E-state index in [9.17, 15) is 4.55 Å². The summed E-state index contributed by atoms with van der Waals surface area (Å²) in [6.07, 6.45) is 1.42. The second-order valence-corrected chi connectivity index (χ2v) is 7.72. The topological polar surface area (TPSA) is 70.4 Å². The zero-order chi connectivity index (χ0) is 15.6. The number of methoxy groups -OCH3 is 1. The van der Waals surface area contributed by atoms with Crippen LogP contribution in [0.25, 0.3) is 11.0 Å². The van der Waals surface area contributed by atoms with Crippen LogP contribution in [0.15, 0.2) is 22.6 Å². The molecule has 1 aromatic heterocycles. The second kappa shape index (κ2) is 6.17. The van der Waals surface area contributed by atoms with Gasteiger partial charge in [0.15, 0.2) is 0 Å². The summed E-state index contributed by atoms with van der Waals surface area (Å²) in [6.45, 7) is 5.55. The quantitative estimate of drug-likeness (QED) is 0.642. The van der Waals surface area contributed by atoms with Crippen molar-refractivity contribution in [2.24, 2.45) is 4.40 Å². The lowest BCUT2D eigenvalue weighted by molar-refractivity contribution is 0.397. The van der Waals surface area contributed by atoms with Crippen molar-refractivity contribution in [2.45, 2.75) is 25.5 Å². The van der Waals surface area contributed by atoms with Gasteiger partial charge in [0, 0.05) is 5.02 Å². The summed E-state index contributed by atoms with van der Waals surface area (Å²) < 4.78 is 20.8. The predicted octanol–water partition coefficient (Wildman–Crippen LogP) is 3.17. The first-order valence-corrected chi connectivity index (χ1v) is 7.77. The Labute approximate surface area is 131 Å². The van der Waals surface area contributed by atoms with Crippen LogP contribution in [0, 0.1) is 0 Å². The van der Waals surface area contributed by atoms with E-state index >= 15 is 0 Å². The van der Waals surface area contributed by atoms with Crippen molar-refractivity contribution in [2.75, 3.05) is 7.11 Å². The minimum atomic E-state index is -1.37. The fourth-order valence-electron chi connectivity index (χ4n) is 1.52. The lowest BCUT2D eigenvalue weighted by Crippen LogP contribution is -2.25. The van der Waals surface area contributed by atoms with E-state index < -0.39 is 16.1 Å². The average molecular weight is 326 g/mol. The predicted molar refractivity (Wildman–Crippen MR) is 86.6 cm³/mol. The van der Waals surface area contributed by atoms with Gasteiger partial charge in [-0.15, -0.1) is 0 Å². The van der Waals surface area contributed by atoms with E-state index in [0.717, 1.165) is 0 Å². The molecule has 1 unspecified atom stereocenters. The Hall–Kier alpha value is -1.37. The zero-order valence-electron chi connectivity index (χ0n) is 12.3. The summed E-state index contributed by atoms with van der Waals surface area (Å²) in [5, 5.41) is 0.572. The third-order valence-corrected chi connectivity index (χ3v) is 4.19.